The van der Waals surface area contributed by atoms with Gasteiger partial charge in [-0.3, -0.25) is 0 Å². The molecule has 1 aliphatic carbocycles. The minimum atomic E-state index is 0.144. The summed E-state index contributed by atoms with van der Waals surface area (Å²) in [6.07, 6.45) is 5.05. The Morgan fingerprint density at radius 1 is 0.871 bits per heavy atom. The molecule has 0 bridgehead atoms. The van der Waals surface area contributed by atoms with Gasteiger partial charge < -0.3 is 28.6 Å². The van der Waals surface area contributed by atoms with Crippen LogP contribution in [0.4, 0.5) is 0 Å². The number of rotatable bonds is 4. The average Bonchev–Trinajstić information content (AvgIpc) is 3.26. The molecule has 2 heterocycles. The third kappa shape index (κ3) is 3.19. The number of methoxy groups -OCH3 is 3. The highest BCUT2D eigenvalue weighted by Crippen LogP contribution is 2.50. The first-order chi connectivity index (χ1) is 15.1. The highest BCUT2D eigenvalue weighted by atomic mass is 16.6. The predicted molar refractivity (Wildman–Crippen MR) is 117 cm³/mol. The molecule has 0 radical (unpaired) electrons. The second-order valence-corrected chi connectivity index (χ2v) is 8.99. The number of benzene rings is 2. The van der Waals surface area contributed by atoms with Crippen LogP contribution >= 0.6 is 0 Å². The zero-order valence-electron chi connectivity index (χ0n) is 18.9. The molecule has 31 heavy (non-hydrogen) atoms. The van der Waals surface area contributed by atoms with Crippen LogP contribution in [0.3, 0.4) is 0 Å². The molecule has 2 aromatic carbocycles. The third-order valence-corrected chi connectivity index (χ3v) is 7.29. The highest BCUT2D eigenvalue weighted by molar-refractivity contribution is 5.58. The number of hydrogen-bond acceptors (Lipinski definition) is 5. The van der Waals surface area contributed by atoms with Crippen molar-refractivity contribution in [2.45, 2.75) is 37.1 Å². The Bertz CT molecular complexity index is 957. The van der Waals surface area contributed by atoms with Crippen LogP contribution in [0, 0.1) is 0 Å². The molecule has 0 amide bonds. The Hall–Kier alpha value is -2.60. The maximum absolute atomic E-state index is 5.98. The minimum absolute atomic E-state index is 0.144. The summed E-state index contributed by atoms with van der Waals surface area (Å²) in [5, 5.41) is 0. The zero-order valence-corrected chi connectivity index (χ0v) is 18.9. The van der Waals surface area contributed by atoms with Crippen molar-refractivity contribution in [1.29, 1.82) is 0 Å². The van der Waals surface area contributed by atoms with Gasteiger partial charge in [-0.2, -0.15) is 0 Å². The first kappa shape index (κ1) is 20.3. The Balaban J connectivity index is 1.70. The first-order valence-electron chi connectivity index (χ1n) is 11.2. The van der Waals surface area contributed by atoms with E-state index in [4.69, 9.17) is 23.7 Å². The Kier molecular flexibility index (Phi) is 5.13. The lowest BCUT2D eigenvalue weighted by Crippen LogP contribution is -3.12. The second-order valence-electron chi connectivity index (χ2n) is 8.99. The highest BCUT2D eigenvalue weighted by Gasteiger charge is 2.48. The number of fused-ring (bicyclic) bond motifs is 3. The number of ether oxygens (including phenoxy) is 5. The lowest BCUT2D eigenvalue weighted by Gasteiger charge is -2.43. The molecule has 2 aromatic rings. The van der Waals surface area contributed by atoms with Gasteiger partial charge in [0.05, 0.1) is 34.9 Å². The van der Waals surface area contributed by atoms with Crippen molar-refractivity contribution in [3.63, 3.8) is 0 Å². The largest absolute Gasteiger partial charge is 0.493 e. The molecule has 166 valence electrons. The third-order valence-electron chi connectivity index (χ3n) is 7.29. The summed E-state index contributed by atoms with van der Waals surface area (Å²) in [4.78, 5) is 1.47. The average molecular weight is 427 g/mol. The Morgan fingerprint density at radius 2 is 1.48 bits per heavy atom. The summed E-state index contributed by atoms with van der Waals surface area (Å²) in [7, 11) is 7.28. The molecule has 6 heteroatoms. The fourth-order valence-corrected chi connectivity index (χ4v) is 6.03. The molecule has 1 N–H and O–H groups in total. The van der Waals surface area contributed by atoms with Crippen LogP contribution in [0.15, 0.2) is 24.3 Å². The van der Waals surface area contributed by atoms with Crippen molar-refractivity contribution in [2.24, 2.45) is 0 Å². The summed E-state index contributed by atoms with van der Waals surface area (Å²) in [6.45, 7) is 2.30. The molecule has 2 atom stereocenters. The monoisotopic (exact) mass is 426 g/mol. The zero-order chi connectivity index (χ0) is 21.6. The molecule has 5 rings (SSSR count). The van der Waals surface area contributed by atoms with E-state index in [1.54, 1.807) is 21.3 Å². The molecule has 2 aliphatic heterocycles. The van der Waals surface area contributed by atoms with Gasteiger partial charge in [-0.05, 0) is 42.7 Å². The van der Waals surface area contributed by atoms with E-state index in [9.17, 15) is 0 Å². The first-order valence-corrected chi connectivity index (χ1v) is 11.2. The van der Waals surface area contributed by atoms with E-state index in [-0.39, 0.29) is 11.5 Å². The van der Waals surface area contributed by atoms with E-state index in [1.165, 1.54) is 41.7 Å². The van der Waals surface area contributed by atoms with Crippen LogP contribution in [-0.2, 0) is 5.41 Å². The molecule has 6 nitrogen and oxygen atoms in total. The summed E-state index contributed by atoms with van der Waals surface area (Å²) in [6, 6.07) is 8.81. The van der Waals surface area contributed by atoms with Crippen molar-refractivity contribution in [3.05, 3.63) is 41.0 Å². The minimum Gasteiger partial charge on any atom is -0.493 e. The van der Waals surface area contributed by atoms with Crippen LogP contribution in [0.5, 0.6) is 28.7 Å². The molecule has 2 unspecified atom stereocenters. The smallest absolute Gasteiger partial charge is 0.203 e. The molecule has 1 fully saturated rings. The van der Waals surface area contributed by atoms with Gasteiger partial charge in [0.15, 0.2) is 23.0 Å². The number of quaternary nitrogens is 1. The van der Waals surface area contributed by atoms with Crippen molar-refractivity contribution in [2.75, 3.05) is 48.1 Å². The van der Waals surface area contributed by atoms with Crippen LogP contribution in [-0.4, -0.2) is 48.1 Å². The molecule has 3 aliphatic rings. The van der Waals surface area contributed by atoms with Crippen molar-refractivity contribution in [1.82, 2.24) is 0 Å². The molecular weight excluding hydrogens is 394 g/mol. The topological polar surface area (TPSA) is 50.6 Å². The molecule has 0 aromatic heterocycles. The van der Waals surface area contributed by atoms with Gasteiger partial charge in [-0.15, -0.1) is 0 Å². The van der Waals surface area contributed by atoms with Crippen molar-refractivity contribution in [3.8, 4) is 28.7 Å². The van der Waals surface area contributed by atoms with Gasteiger partial charge in [-0.1, -0.05) is 12.8 Å². The van der Waals surface area contributed by atoms with Gasteiger partial charge in [-0.25, -0.2) is 0 Å². The van der Waals surface area contributed by atoms with Gasteiger partial charge in [0.1, 0.15) is 19.3 Å². The van der Waals surface area contributed by atoms with Crippen LogP contribution in [0.1, 0.15) is 48.4 Å². The summed E-state index contributed by atoms with van der Waals surface area (Å²) in [5.74, 6) is 3.73. The number of nitrogens with one attached hydrogen (secondary N) is 1. The fourth-order valence-electron chi connectivity index (χ4n) is 6.03. The Labute approximate surface area is 184 Å². The standard InChI is InChI=1S/C25H31NO5/c1-26-15-25(7-5-6-8-25)18-14-20-19(30-9-10-31-20)13-17(18)23(26)16-11-21(27-2)24(29-4)22(12-16)28-3/h11-14,23H,5-10,15H2,1-4H3/p+1. The van der Waals surface area contributed by atoms with Crippen LogP contribution in [0.2, 0.25) is 0 Å². The fraction of sp³-hybridized carbons (Fsp3) is 0.520. The van der Waals surface area contributed by atoms with E-state index in [0.29, 0.717) is 30.5 Å². The van der Waals surface area contributed by atoms with Gasteiger partial charge >= 0.3 is 0 Å². The number of hydrogen-bond donors (Lipinski definition) is 1. The van der Waals surface area contributed by atoms with E-state index in [2.05, 4.69) is 31.3 Å². The number of likely N-dealkylation sites (N-methyl/N-ethyl adjacent to an activating group) is 1. The summed E-state index contributed by atoms with van der Waals surface area (Å²) < 4.78 is 28.8. The van der Waals surface area contributed by atoms with Crippen LogP contribution < -0.4 is 28.6 Å². The van der Waals surface area contributed by atoms with E-state index < -0.39 is 0 Å². The molecular formula is C25H32NO5+. The van der Waals surface area contributed by atoms with E-state index in [0.717, 1.165) is 23.6 Å². The maximum Gasteiger partial charge on any atom is 0.203 e. The van der Waals surface area contributed by atoms with Gasteiger partial charge in [0.25, 0.3) is 0 Å². The summed E-state index contributed by atoms with van der Waals surface area (Å²) >= 11 is 0. The lowest BCUT2D eigenvalue weighted by atomic mass is 9.70. The lowest BCUT2D eigenvalue weighted by molar-refractivity contribution is -0.913. The second kappa shape index (κ2) is 7.83. The van der Waals surface area contributed by atoms with Crippen molar-refractivity contribution < 1.29 is 28.6 Å². The van der Waals surface area contributed by atoms with Gasteiger partial charge in [0.2, 0.25) is 5.75 Å². The quantitative estimate of drug-likeness (QED) is 0.815. The maximum atomic E-state index is 5.98. The Morgan fingerprint density at radius 3 is 2.06 bits per heavy atom. The SMILES string of the molecule is COc1cc(C2c3cc4c(cc3C3(CCCC3)C[NH+]2C)OCCO4)cc(OC)c1OC. The normalized spacial score (nSPS) is 23.4. The van der Waals surface area contributed by atoms with Gasteiger partial charge in [0, 0.05) is 16.5 Å². The predicted octanol–water partition coefficient (Wildman–Crippen LogP) is 2.91. The van der Waals surface area contributed by atoms with E-state index in [1.807, 2.05) is 0 Å². The van der Waals surface area contributed by atoms with Crippen molar-refractivity contribution >= 4 is 0 Å². The summed E-state index contributed by atoms with van der Waals surface area (Å²) in [5.41, 5.74) is 4.12. The van der Waals surface area contributed by atoms with Crippen LogP contribution in [0.25, 0.3) is 0 Å². The molecule has 1 spiro atoms. The van der Waals surface area contributed by atoms with E-state index >= 15 is 0 Å². The molecule has 1 saturated carbocycles. The molecule has 0 saturated heterocycles.